The summed E-state index contributed by atoms with van der Waals surface area (Å²) in [6, 6.07) is 7.37. The van der Waals surface area contributed by atoms with Crippen LogP contribution in [0, 0.1) is 0 Å². The van der Waals surface area contributed by atoms with Gasteiger partial charge in [-0.3, -0.25) is 0 Å². The van der Waals surface area contributed by atoms with Gasteiger partial charge >= 0.3 is 0 Å². The Morgan fingerprint density at radius 2 is 1.85 bits per heavy atom. The largest absolute Gasteiger partial charge is 0.494 e. The Balaban J connectivity index is 2.25. The topological polar surface area (TPSA) is 35.2 Å². The van der Waals surface area contributed by atoms with Crippen molar-refractivity contribution in [2.75, 3.05) is 13.2 Å². The highest BCUT2D eigenvalue weighted by Crippen LogP contribution is 2.15. The van der Waals surface area contributed by atoms with Gasteiger partial charge in [-0.2, -0.15) is 0 Å². The molecule has 0 atom stereocenters. The van der Waals surface area contributed by atoms with E-state index in [4.69, 9.17) is 22.1 Å². The van der Waals surface area contributed by atoms with Crippen LogP contribution < -0.4 is 10.5 Å². The van der Waals surface area contributed by atoms with Gasteiger partial charge in [-0.25, -0.2) is 0 Å². The average molecular weight is 200 g/mol. The minimum Gasteiger partial charge on any atom is -0.494 e. The maximum Gasteiger partial charge on any atom is 0.119 e. The van der Waals surface area contributed by atoms with Crippen molar-refractivity contribution in [3.8, 4) is 5.75 Å². The predicted octanol–water partition coefficient (Wildman–Crippen LogP) is 2.46. The number of unbranched alkanes of at least 4 members (excludes halogenated alkanes) is 1. The summed E-state index contributed by atoms with van der Waals surface area (Å²) >= 11 is 5.72. The molecule has 1 aromatic carbocycles. The molecule has 0 spiro atoms. The fraction of sp³-hybridized carbons (Fsp3) is 0.400. The van der Waals surface area contributed by atoms with E-state index in [1.165, 1.54) is 0 Å². The van der Waals surface area contributed by atoms with Crippen LogP contribution in [0.3, 0.4) is 0 Å². The fourth-order valence-corrected chi connectivity index (χ4v) is 1.09. The van der Waals surface area contributed by atoms with Crippen molar-refractivity contribution >= 4 is 11.6 Å². The average Bonchev–Trinajstić information content (AvgIpc) is 2.15. The highest BCUT2D eigenvalue weighted by molar-refractivity contribution is 6.30. The number of nitrogens with two attached hydrogens (primary N) is 1. The van der Waals surface area contributed by atoms with Crippen LogP contribution in [0.2, 0.25) is 5.02 Å². The number of hydrogen-bond acceptors (Lipinski definition) is 2. The normalized spacial score (nSPS) is 10.0. The summed E-state index contributed by atoms with van der Waals surface area (Å²) in [6.07, 6.45) is 2.01. The van der Waals surface area contributed by atoms with Crippen molar-refractivity contribution in [2.24, 2.45) is 5.73 Å². The summed E-state index contributed by atoms with van der Waals surface area (Å²) in [4.78, 5) is 0. The molecule has 0 aliphatic carbocycles. The highest BCUT2D eigenvalue weighted by atomic mass is 35.5. The van der Waals surface area contributed by atoms with Gasteiger partial charge in [0.05, 0.1) is 6.61 Å². The molecule has 2 nitrogen and oxygen atoms in total. The number of halogens is 1. The van der Waals surface area contributed by atoms with Crippen LogP contribution in [-0.2, 0) is 0 Å². The minimum absolute atomic E-state index is 0.721. The van der Waals surface area contributed by atoms with Crippen LogP contribution in [0.5, 0.6) is 5.75 Å². The standard InChI is InChI=1S/C10H14ClNO/c11-9-3-5-10(6-4-9)13-8-2-1-7-12/h3-6H,1-2,7-8,12H2. The van der Waals surface area contributed by atoms with Crippen molar-refractivity contribution in [2.45, 2.75) is 12.8 Å². The van der Waals surface area contributed by atoms with E-state index in [-0.39, 0.29) is 0 Å². The zero-order chi connectivity index (χ0) is 9.52. The highest BCUT2D eigenvalue weighted by Gasteiger charge is 1.92. The van der Waals surface area contributed by atoms with Crippen LogP contribution >= 0.6 is 11.6 Å². The summed E-state index contributed by atoms with van der Waals surface area (Å²) < 4.78 is 5.45. The molecule has 0 amide bonds. The third-order valence-electron chi connectivity index (χ3n) is 1.68. The van der Waals surface area contributed by atoms with Gasteiger partial charge in [0.1, 0.15) is 5.75 Å². The van der Waals surface area contributed by atoms with Gasteiger partial charge < -0.3 is 10.5 Å². The smallest absolute Gasteiger partial charge is 0.119 e. The maximum absolute atomic E-state index is 5.72. The summed E-state index contributed by atoms with van der Waals surface area (Å²) in [6.45, 7) is 1.45. The quantitative estimate of drug-likeness (QED) is 0.740. The SMILES string of the molecule is NCCCCOc1ccc(Cl)cc1. The molecule has 0 fully saturated rings. The second-order valence-electron chi connectivity index (χ2n) is 2.80. The van der Waals surface area contributed by atoms with Crippen LogP contribution in [0.15, 0.2) is 24.3 Å². The second kappa shape index (κ2) is 5.84. The van der Waals surface area contributed by atoms with Crippen LogP contribution in [0.25, 0.3) is 0 Å². The number of hydrogen-bond donors (Lipinski definition) is 1. The molecule has 0 unspecified atom stereocenters. The molecule has 0 saturated carbocycles. The number of rotatable bonds is 5. The van der Waals surface area contributed by atoms with Crippen LogP contribution in [-0.4, -0.2) is 13.2 Å². The Hall–Kier alpha value is -0.730. The number of ether oxygens (including phenoxy) is 1. The monoisotopic (exact) mass is 199 g/mol. The minimum atomic E-state index is 0.721. The molecule has 13 heavy (non-hydrogen) atoms. The molecular weight excluding hydrogens is 186 g/mol. The Morgan fingerprint density at radius 1 is 1.15 bits per heavy atom. The molecule has 0 bridgehead atoms. The van der Waals surface area contributed by atoms with Gasteiger partial charge in [-0.15, -0.1) is 0 Å². The Bertz CT molecular complexity index is 235. The lowest BCUT2D eigenvalue weighted by atomic mass is 10.3. The first kappa shape index (κ1) is 10.4. The first-order chi connectivity index (χ1) is 6.33. The van der Waals surface area contributed by atoms with Gasteiger partial charge in [0.25, 0.3) is 0 Å². The molecule has 0 aliphatic rings. The third-order valence-corrected chi connectivity index (χ3v) is 1.93. The molecule has 3 heteroatoms. The first-order valence-corrected chi connectivity index (χ1v) is 4.79. The van der Waals surface area contributed by atoms with E-state index in [0.29, 0.717) is 0 Å². The van der Waals surface area contributed by atoms with Gasteiger partial charge in [0, 0.05) is 5.02 Å². The summed E-state index contributed by atoms with van der Waals surface area (Å²) in [7, 11) is 0. The van der Waals surface area contributed by atoms with E-state index >= 15 is 0 Å². The maximum atomic E-state index is 5.72. The van der Waals surface area contributed by atoms with Crippen LogP contribution in [0.1, 0.15) is 12.8 Å². The molecule has 1 aromatic rings. The van der Waals surface area contributed by atoms with E-state index in [0.717, 1.165) is 36.8 Å². The molecule has 0 saturated heterocycles. The molecule has 0 heterocycles. The zero-order valence-corrected chi connectivity index (χ0v) is 8.26. The van der Waals surface area contributed by atoms with Gasteiger partial charge in [0.2, 0.25) is 0 Å². The lowest BCUT2D eigenvalue weighted by molar-refractivity contribution is 0.308. The fourth-order valence-electron chi connectivity index (χ4n) is 0.967. The van der Waals surface area contributed by atoms with Crippen molar-refractivity contribution < 1.29 is 4.74 Å². The number of benzene rings is 1. The van der Waals surface area contributed by atoms with Crippen molar-refractivity contribution in [3.63, 3.8) is 0 Å². The van der Waals surface area contributed by atoms with Gasteiger partial charge in [-0.05, 0) is 43.7 Å². The summed E-state index contributed by atoms with van der Waals surface area (Å²) in [5, 5.41) is 0.731. The molecule has 0 radical (unpaired) electrons. The molecule has 2 N–H and O–H groups in total. The van der Waals surface area contributed by atoms with Crippen molar-refractivity contribution in [1.82, 2.24) is 0 Å². The van der Waals surface area contributed by atoms with Crippen molar-refractivity contribution in [3.05, 3.63) is 29.3 Å². The Labute approximate surface area is 83.6 Å². The van der Waals surface area contributed by atoms with Gasteiger partial charge in [0.15, 0.2) is 0 Å². The predicted molar refractivity (Wildman–Crippen MR) is 55.2 cm³/mol. The third kappa shape index (κ3) is 4.15. The second-order valence-corrected chi connectivity index (χ2v) is 3.23. The molecule has 0 aliphatic heterocycles. The first-order valence-electron chi connectivity index (χ1n) is 4.41. The van der Waals surface area contributed by atoms with Gasteiger partial charge in [-0.1, -0.05) is 11.6 Å². The van der Waals surface area contributed by atoms with Crippen LogP contribution in [0.4, 0.5) is 0 Å². The van der Waals surface area contributed by atoms with E-state index in [9.17, 15) is 0 Å². The van der Waals surface area contributed by atoms with E-state index in [1.54, 1.807) is 0 Å². The lowest BCUT2D eigenvalue weighted by Crippen LogP contribution is -2.03. The summed E-state index contributed by atoms with van der Waals surface area (Å²) in [5.41, 5.74) is 5.35. The van der Waals surface area contributed by atoms with E-state index in [1.807, 2.05) is 24.3 Å². The van der Waals surface area contributed by atoms with Crippen molar-refractivity contribution in [1.29, 1.82) is 0 Å². The molecule has 0 aromatic heterocycles. The lowest BCUT2D eigenvalue weighted by Gasteiger charge is -2.04. The van der Waals surface area contributed by atoms with E-state index < -0.39 is 0 Å². The Morgan fingerprint density at radius 3 is 2.46 bits per heavy atom. The molecule has 72 valence electrons. The molecule has 1 rings (SSSR count). The van der Waals surface area contributed by atoms with E-state index in [2.05, 4.69) is 0 Å². The summed E-state index contributed by atoms with van der Waals surface area (Å²) in [5.74, 6) is 0.862. The Kier molecular flexibility index (Phi) is 4.65. The zero-order valence-electron chi connectivity index (χ0n) is 7.50. The molecular formula is C10H14ClNO.